The Balaban J connectivity index is 2.96. The summed E-state index contributed by atoms with van der Waals surface area (Å²) in [5, 5.41) is 9.55. The number of aromatic hydroxyl groups is 1. The van der Waals surface area contributed by atoms with E-state index in [4.69, 9.17) is 10.5 Å². The van der Waals surface area contributed by atoms with Gasteiger partial charge in [0.05, 0.1) is 12.6 Å². The van der Waals surface area contributed by atoms with Crippen LogP contribution in [0.2, 0.25) is 0 Å². The minimum absolute atomic E-state index is 0.102. The van der Waals surface area contributed by atoms with Crippen molar-refractivity contribution < 1.29 is 14.4 Å². The Hall–Kier alpha value is -1.55. The normalized spacial score (nSPS) is 9.86. The average molecular weight is 195 g/mol. The maximum atomic E-state index is 9.55. The molecule has 0 unspecified atom stereocenters. The van der Waals surface area contributed by atoms with Gasteiger partial charge in [0.2, 0.25) is 11.9 Å². The van der Waals surface area contributed by atoms with E-state index < -0.39 is 0 Å². The molecule has 0 spiro atoms. The van der Waals surface area contributed by atoms with E-state index in [0.29, 0.717) is 18.9 Å². The molecule has 1 aromatic heterocycles. The molecule has 0 amide bonds. The van der Waals surface area contributed by atoms with Crippen LogP contribution in [0, 0.1) is 0 Å². The molecule has 1 heterocycles. The van der Waals surface area contributed by atoms with Gasteiger partial charge in [0.15, 0.2) is 11.4 Å². The fourth-order valence-corrected chi connectivity index (χ4v) is 1.12. The van der Waals surface area contributed by atoms with Crippen LogP contribution < -0.4 is 15.0 Å². The number of hydrogen-bond donors (Lipinski definition) is 2. The third-order valence-corrected chi connectivity index (χ3v) is 1.89. The summed E-state index contributed by atoms with van der Waals surface area (Å²) >= 11 is 0. The van der Waals surface area contributed by atoms with Gasteiger partial charge in [-0.05, 0) is 0 Å². The van der Waals surface area contributed by atoms with Gasteiger partial charge < -0.3 is 15.6 Å². The van der Waals surface area contributed by atoms with E-state index in [1.165, 1.54) is 0 Å². The molecule has 0 aliphatic rings. The van der Waals surface area contributed by atoms with Gasteiger partial charge in [-0.2, -0.15) is 0 Å². The summed E-state index contributed by atoms with van der Waals surface area (Å²) in [6.07, 6.45) is 3.32. The predicted molar refractivity (Wildman–Crippen MR) is 52.9 cm³/mol. The maximum absolute atomic E-state index is 9.55. The van der Waals surface area contributed by atoms with Gasteiger partial charge in [0.25, 0.3) is 0 Å². The molecule has 3 N–H and O–H groups in total. The van der Waals surface area contributed by atoms with E-state index in [1.807, 2.05) is 11.6 Å². The molecule has 14 heavy (non-hydrogen) atoms. The highest BCUT2D eigenvalue weighted by molar-refractivity contribution is 5.35. The van der Waals surface area contributed by atoms with E-state index in [9.17, 15) is 5.11 Å². The smallest absolute Gasteiger partial charge is 0.226 e. The Bertz CT molecular complexity index is 337. The van der Waals surface area contributed by atoms with Crippen LogP contribution in [-0.4, -0.2) is 11.7 Å². The highest BCUT2D eigenvalue weighted by Crippen LogP contribution is 2.23. The molecule has 0 atom stereocenters. The van der Waals surface area contributed by atoms with Crippen molar-refractivity contribution in [3.05, 3.63) is 30.6 Å². The Labute approximate surface area is 83.2 Å². The van der Waals surface area contributed by atoms with E-state index in [0.717, 1.165) is 5.69 Å². The number of ether oxygens (including phenoxy) is 1. The van der Waals surface area contributed by atoms with Crippen molar-refractivity contribution >= 4 is 0 Å². The number of hydrogen-bond acceptors (Lipinski definition) is 3. The average Bonchev–Trinajstić information content (AvgIpc) is 2.18. The summed E-state index contributed by atoms with van der Waals surface area (Å²) in [7, 11) is 1.85. The molecule has 76 valence electrons. The van der Waals surface area contributed by atoms with Crippen LogP contribution in [0.5, 0.6) is 11.5 Å². The second-order valence-electron chi connectivity index (χ2n) is 2.93. The van der Waals surface area contributed by atoms with Gasteiger partial charge in [0.1, 0.15) is 13.7 Å². The molecule has 1 rings (SSSR count). The molecule has 0 saturated carbocycles. The molecule has 0 saturated heterocycles. The monoisotopic (exact) mass is 195 g/mol. The molecular weight excluding hydrogens is 180 g/mol. The minimum atomic E-state index is 0.102. The molecule has 0 radical (unpaired) electrons. The van der Waals surface area contributed by atoms with Crippen molar-refractivity contribution in [2.24, 2.45) is 12.8 Å². The minimum Gasteiger partial charge on any atom is -0.504 e. The Morgan fingerprint density at radius 1 is 1.71 bits per heavy atom. The Morgan fingerprint density at radius 3 is 3.00 bits per heavy atom. The van der Waals surface area contributed by atoms with Crippen molar-refractivity contribution in [1.82, 2.24) is 0 Å². The van der Waals surface area contributed by atoms with Crippen molar-refractivity contribution in [3.8, 4) is 11.5 Å². The third-order valence-electron chi connectivity index (χ3n) is 1.89. The first-order chi connectivity index (χ1) is 6.69. The molecule has 4 nitrogen and oxygen atoms in total. The van der Waals surface area contributed by atoms with E-state index >= 15 is 0 Å². The zero-order valence-corrected chi connectivity index (χ0v) is 8.23. The third kappa shape index (κ3) is 2.23. The van der Waals surface area contributed by atoms with Crippen LogP contribution in [0.3, 0.4) is 0 Å². The lowest BCUT2D eigenvalue weighted by Gasteiger charge is -2.05. The largest absolute Gasteiger partial charge is 0.504 e. The van der Waals surface area contributed by atoms with Gasteiger partial charge in [-0.25, -0.2) is 4.57 Å². The van der Waals surface area contributed by atoms with Crippen LogP contribution in [0.1, 0.15) is 5.69 Å². The predicted octanol–water partition coefficient (Wildman–Crippen LogP) is 0.240. The number of pyridine rings is 1. The summed E-state index contributed by atoms with van der Waals surface area (Å²) in [5.41, 5.74) is 6.32. The molecule has 0 aliphatic heterocycles. The van der Waals surface area contributed by atoms with Gasteiger partial charge >= 0.3 is 0 Å². The van der Waals surface area contributed by atoms with Gasteiger partial charge in [-0.3, -0.25) is 0 Å². The molecule has 4 heteroatoms. The van der Waals surface area contributed by atoms with Gasteiger partial charge in [-0.15, -0.1) is 0 Å². The summed E-state index contributed by atoms with van der Waals surface area (Å²) in [6, 6.07) is 1.60. The first-order valence-electron chi connectivity index (χ1n) is 4.34. The molecule has 0 aliphatic carbocycles. The van der Waals surface area contributed by atoms with Crippen LogP contribution in [0.4, 0.5) is 0 Å². The summed E-state index contributed by atoms with van der Waals surface area (Å²) in [4.78, 5) is 0. The molecular formula is C10H15N2O2+. The number of rotatable bonds is 4. The van der Waals surface area contributed by atoms with Gasteiger partial charge in [-0.1, -0.05) is 12.7 Å². The Morgan fingerprint density at radius 2 is 2.43 bits per heavy atom. The number of aromatic nitrogens is 1. The summed E-state index contributed by atoms with van der Waals surface area (Å²) < 4.78 is 7.05. The van der Waals surface area contributed by atoms with Crippen LogP contribution >= 0.6 is 0 Å². The van der Waals surface area contributed by atoms with Crippen molar-refractivity contribution in [2.45, 2.75) is 6.54 Å². The molecule has 1 aromatic rings. The number of nitrogens with zero attached hydrogens (tertiary/aromatic N) is 1. The zero-order valence-electron chi connectivity index (χ0n) is 8.23. The SMILES string of the molecule is C=CCOc1c[n+](C)c(CN)cc1O. The second kappa shape index (κ2) is 4.62. The fourth-order valence-electron chi connectivity index (χ4n) is 1.12. The van der Waals surface area contributed by atoms with E-state index in [1.54, 1.807) is 18.3 Å². The summed E-state index contributed by atoms with van der Waals surface area (Å²) in [6.45, 7) is 4.28. The quantitative estimate of drug-likeness (QED) is 0.534. The lowest BCUT2D eigenvalue weighted by atomic mass is 10.3. The lowest BCUT2D eigenvalue weighted by molar-refractivity contribution is -0.679. The van der Waals surface area contributed by atoms with E-state index in [2.05, 4.69) is 6.58 Å². The fraction of sp³-hybridized carbons (Fsp3) is 0.300. The molecule has 0 aromatic carbocycles. The first-order valence-corrected chi connectivity index (χ1v) is 4.34. The summed E-state index contributed by atoms with van der Waals surface area (Å²) in [5.74, 6) is 0.537. The maximum Gasteiger partial charge on any atom is 0.226 e. The zero-order chi connectivity index (χ0) is 10.6. The van der Waals surface area contributed by atoms with Crippen LogP contribution in [-0.2, 0) is 13.6 Å². The lowest BCUT2D eigenvalue weighted by Crippen LogP contribution is -2.34. The topological polar surface area (TPSA) is 59.4 Å². The highest BCUT2D eigenvalue weighted by Gasteiger charge is 2.12. The first kappa shape index (κ1) is 10.5. The van der Waals surface area contributed by atoms with Crippen molar-refractivity contribution in [2.75, 3.05) is 6.61 Å². The van der Waals surface area contributed by atoms with Crippen molar-refractivity contribution in [1.29, 1.82) is 0 Å². The van der Waals surface area contributed by atoms with Crippen LogP contribution in [0.15, 0.2) is 24.9 Å². The van der Waals surface area contributed by atoms with E-state index in [-0.39, 0.29) is 5.75 Å². The second-order valence-corrected chi connectivity index (χ2v) is 2.93. The molecule has 0 fully saturated rings. The van der Waals surface area contributed by atoms with Gasteiger partial charge in [0, 0.05) is 0 Å². The van der Waals surface area contributed by atoms with Crippen LogP contribution in [0.25, 0.3) is 0 Å². The Kier molecular flexibility index (Phi) is 3.48. The van der Waals surface area contributed by atoms with Crippen molar-refractivity contribution in [3.63, 3.8) is 0 Å². The highest BCUT2D eigenvalue weighted by atomic mass is 16.5. The number of nitrogens with two attached hydrogens (primary N) is 1. The standard InChI is InChI=1S/C10H14N2O2/c1-3-4-14-10-7-12(2)8(6-11)5-9(10)13/h3,5,7H,1,4,6,11H2,2H3/p+1. The number of aryl methyl sites for hydroxylation is 1. The molecule has 0 bridgehead atoms.